The average Bonchev–Trinajstić information content (AvgIpc) is 2.08. The van der Waals surface area contributed by atoms with E-state index in [0.29, 0.717) is 4.47 Å². The number of anilines is 1. The zero-order valence-corrected chi connectivity index (χ0v) is 8.74. The lowest BCUT2D eigenvalue weighted by atomic mass is 10.2. The molecule has 0 amide bonds. The Hall–Kier alpha value is -0.420. The Labute approximate surface area is 87.2 Å². The summed E-state index contributed by atoms with van der Waals surface area (Å²) in [7, 11) is 0. The fourth-order valence-corrected chi connectivity index (χ4v) is 1.44. The van der Waals surface area contributed by atoms with Crippen LogP contribution in [0.1, 0.15) is 17.7 Å². The molecule has 0 saturated carbocycles. The quantitative estimate of drug-likeness (QED) is 0.840. The summed E-state index contributed by atoms with van der Waals surface area (Å²) < 4.78 is 25.3. The summed E-state index contributed by atoms with van der Waals surface area (Å²) in [4.78, 5) is 3.74. The molecule has 2 N–H and O–H groups in total. The molecule has 1 rings (SSSR count). The maximum absolute atomic E-state index is 12.5. The summed E-state index contributed by atoms with van der Waals surface area (Å²) in [5.74, 6) is -0.0723. The molecule has 0 aliphatic rings. The SMILES string of the molecule is Nc1c(Br)cnc(CCl)c1C(F)F. The van der Waals surface area contributed by atoms with Crippen molar-refractivity contribution < 1.29 is 8.78 Å². The Morgan fingerprint density at radius 1 is 1.62 bits per heavy atom. The van der Waals surface area contributed by atoms with E-state index in [1.807, 2.05) is 0 Å². The minimum atomic E-state index is -2.65. The van der Waals surface area contributed by atoms with Crippen LogP contribution in [-0.4, -0.2) is 4.98 Å². The van der Waals surface area contributed by atoms with Crippen LogP contribution in [0.5, 0.6) is 0 Å². The number of hydrogen-bond donors (Lipinski definition) is 1. The number of aromatic nitrogens is 1. The van der Waals surface area contributed by atoms with Crippen molar-refractivity contribution in [2.45, 2.75) is 12.3 Å². The number of hydrogen-bond acceptors (Lipinski definition) is 2. The van der Waals surface area contributed by atoms with Crippen LogP contribution in [0.3, 0.4) is 0 Å². The third-order valence-corrected chi connectivity index (χ3v) is 2.42. The minimum absolute atomic E-state index is 0.000602. The van der Waals surface area contributed by atoms with Crippen molar-refractivity contribution in [3.8, 4) is 0 Å². The van der Waals surface area contributed by atoms with E-state index in [-0.39, 0.29) is 22.8 Å². The molecule has 0 aliphatic carbocycles. The van der Waals surface area contributed by atoms with Crippen molar-refractivity contribution in [3.63, 3.8) is 0 Å². The second kappa shape index (κ2) is 4.19. The first-order valence-electron chi connectivity index (χ1n) is 3.34. The van der Waals surface area contributed by atoms with E-state index >= 15 is 0 Å². The lowest BCUT2D eigenvalue weighted by Gasteiger charge is -2.09. The molecule has 0 saturated heterocycles. The second-order valence-electron chi connectivity index (χ2n) is 2.31. The Balaban J connectivity index is 3.32. The van der Waals surface area contributed by atoms with E-state index in [9.17, 15) is 8.78 Å². The van der Waals surface area contributed by atoms with Gasteiger partial charge in [-0.3, -0.25) is 4.98 Å². The van der Waals surface area contributed by atoms with Gasteiger partial charge in [-0.05, 0) is 15.9 Å². The Morgan fingerprint density at radius 2 is 2.23 bits per heavy atom. The molecule has 1 heterocycles. The highest BCUT2D eigenvalue weighted by atomic mass is 79.9. The molecular weight excluding hydrogens is 265 g/mol. The third kappa shape index (κ3) is 2.08. The largest absolute Gasteiger partial charge is 0.397 e. The van der Waals surface area contributed by atoms with Crippen LogP contribution in [0.2, 0.25) is 0 Å². The molecule has 0 spiro atoms. The second-order valence-corrected chi connectivity index (χ2v) is 3.44. The number of pyridine rings is 1. The zero-order valence-electron chi connectivity index (χ0n) is 6.40. The molecule has 1 aromatic heterocycles. The third-order valence-electron chi connectivity index (χ3n) is 1.54. The van der Waals surface area contributed by atoms with Gasteiger partial charge < -0.3 is 5.73 Å². The number of rotatable bonds is 2. The Morgan fingerprint density at radius 3 is 2.69 bits per heavy atom. The summed E-state index contributed by atoms with van der Waals surface area (Å²) in [5.41, 5.74) is 5.27. The molecule has 0 unspecified atom stereocenters. The molecule has 72 valence electrons. The number of alkyl halides is 3. The minimum Gasteiger partial charge on any atom is -0.397 e. The van der Waals surface area contributed by atoms with Crippen LogP contribution in [0.4, 0.5) is 14.5 Å². The molecule has 13 heavy (non-hydrogen) atoms. The maximum Gasteiger partial charge on any atom is 0.267 e. The van der Waals surface area contributed by atoms with Gasteiger partial charge >= 0.3 is 0 Å². The monoisotopic (exact) mass is 270 g/mol. The number of nitrogens with two attached hydrogens (primary N) is 1. The first-order valence-corrected chi connectivity index (χ1v) is 4.67. The van der Waals surface area contributed by atoms with E-state index < -0.39 is 6.43 Å². The fraction of sp³-hybridized carbons (Fsp3) is 0.286. The molecule has 0 aromatic carbocycles. The van der Waals surface area contributed by atoms with E-state index in [1.165, 1.54) is 6.20 Å². The predicted octanol–water partition coefficient (Wildman–Crippen LogP) is 3.10. The standard InChI is InChI=1S/C7H6BrClF2N2/c8-3-2-13-4(1-9)5(6(3)12)7(10)11/h2,7H,1H2,(H2,12,13). The lowest BCUT2D eigenvalue weighted by Crippen LogP contribution is -2.02. The molecule has 0 bridgehead atoms. The van der Waals surface area contributed by atoms with Crippen LogP contribution >= 0.6 is 27.5 Å². The molecule has 0 radical (unpaired) electrons. The van der Waals surface area contributed by atoms with Gasteiger partial charge in [-0.1, -0.05) is 0 Å². The summed E-state index contributed by atoms with van der Waals surface area (Å²) in [6, 6.07) is 0. The van der Waals surface area contributed by atoms with Gasteiger partial charge in [0.1, 0.15) is 0 Å². The summed E-state index contributed by atoms with van der Waals surface area (Å²) >= 11 is 8.45. The van der Waals surface area contributed by atoms with Gasteiger partial charge in [-0.15, -0.1) is 11.6 Å². The zero-order chi connectivity index (χ0) is 10.0. The molecule has 6 heteroatoms. The number of nitrogens with zero attached hydrogens (tertiary/aromatic N) is 1. The van der Waals surface area contributed by atoms with Crippen molar-refractivity contribution in [1.82, 2.24) is 4.98 Å². The van der Waals surface area contributed by atoms with E-state index in [2.05, 4.69) is 20.9 Å². The highest BCUT2D eigenvalue weighted by molar-refractivity contribution is 9.10. The van der Waals surface area contributed by atoms with Crippen LogP contribution in [0.15, 0.2) is 10.7 Å². The van der Waals surface area contributed by atoms with E-state index in [0.717, 1.165) is 0 Å². The normalized spacial score (nSPS) is 10.8. The van der Waals surface area contributed by atoms with Crippen molar-refractivity contribution in [3.05, 3.63) is 21.9 Å². The molecule has 1 aromatic rings. The smallest absolute Gasteiger partial charge is 0.267 e. The van der Waals surface area contributed by atoms with Crippen molar-refractivity contribution >= 4 is 33.2 Å². The van der Waals surface area contributed by atoms with Gasteiger partial charge in [0.2, 0.25) is 0 Å². The number of halogens is 4. The molecular formula is C7H6BrClF2N2. The number of nitrogen functional groups attached to an aromatic ring is 1. The first-order chi connectivity index (χ1) is 6.07. The summed E-state index contributed by atoms with van der Waals surface area (Å²) in [6.45, 7) is 0. The van der Waals surface area contributed by atoms with Crippen LogP contribution in [0.25, 0.3) is 0 Å². The topological polar surface area (TPSA) is 38.9 Å². The Kier molecular flexibility index (Phi) is 3.44. The average molecular weight is 271 g/mol. The van der Waals surface area contributed by atoms with Crippen LogP contribution in [0, 0.1) is 0 Å². The molecule has 0 aliphatic heterocycles. The summed E-state index contributed by atoms with van der Waals surface area (Å²) in [5, 5.41) is 0. The van der Waals surface area contributed by atoms with Crippen LogP contribution in [-0.2, 0) is 5.88 Å². The van der Waals surface area contributed by atoms with E-state index in [4.69, 9.17) is 17.3 Å². The van der Waals surface area contributed by atoms with Crippen molar-refractivity contribution in [2.75, 3.05) is 5.73 Å². The van der Waals surface area contributed by atoms with Gasteiger partial charge in [0.15, 0.2) is 0 Å². The van der Waals surface area contributed by atoms with Gasteiger partial charge in [0.05, 0.1) is 27.3 Å². The summed E-state index contributed by atoms with van der Waals surface area (Å²) in [6.07, 6.45) is -1.29. The maximum atomic E-state index is 12.5. The van der Waals surface area contributed by atoms with Gasteiger partial charge in [-0.25, -0.2) is 8.78 Å². The fourth-order valence-electron chi connectivity index (χ4n) is 0.908. The van der Waals surface area contributed by atoms with Crippen molar-refractivity contribution in [1.29, 1.82) is 0 Å². The first kappa shape index (κ1) is 10.7. The van der Waals surface area contributed by atoms with Crippen LogP contribution < -0.4 is 5.73 Å². The molecule has 2 nitrogen and oxygen atoms in total. The van der Waals surface area contributed by atoms with E-state index in [1.54, 1.807) is 0 Å². The van der Waals surface area contributed by atoms with Gasteiger partial charge in [0, 0.05) is 6.20 Å². The molecule has 0 atom stereocenters. The Bertz CT molecular complexity index is 320. The van der Waals surface area contributed by atoms with Gasteiger partial charge in [0.25, 0.3) is 6.43 Å². The highest BCUT2D eigenvalue weighted by Crippen LogP contribution is 2.32. The highest BCUT2D eigenvalue weighted by Gasteiger charge is 2.18. The lowest BCUT2D eigenvalue weighted by molar-refractivity contribution is 0.151. The molecule has 0 fully saturated rings. The van der Waals surface area contributed by atoms with Gasteiger partial charge in [-0.2, -0.15) is 0 Å². The predicted molar refractivity (Wildman–Crippen MR) is 50.9 cm³/mol. The van der Waals surface area contributed by atoms with Crippen molar-refractivity contribution in [2.24, 2.45) is 0 Å².